The number of hydrogen-bond donors (Lipinski definition) is 3. The normalized spacial score (nSPS) is 11.2. The van der Waals surface area contributed by atoms with Gasteiger partial charge in [-0.15, -0.1) is 0 Å². The van der Waals surface area contributed by atoms with Crippen molar-refractivity contribution in [3.05, 3.63) is 24.3 Å². The lowest BCUT2D eigenvalue weighted by atomic mass is 10.3. The van der Waals surface area contributed by atoms with Gasteiger partial charge in [0.15, 0.2) is 0 Å². The average molecular weight is 201 g/mol. The number of nitrogens with one attached hydrogen (secondary N) is 2. The molecule has 1 aromatic rings. The van der Waals surface area contributed by atoms with Gasteiger partial charge < -0.3 is 5.73 Å². The number of nitrogens with two attached hydrogens (primary N) is 1. The summed E-state index contributed by atoms with van der Waals surface area (Å²) in [5.74, 6) is 0. The minimum absolute atomic E-state index is 0.439. The first-order valence-corrected chi connectivity index (χ1v) is 5.08. The van der Waals surface area contributed by atoms with Gasteiger partial charge in [0.2, 0.25) is 0 Å². The molecule has 0 amide bonds. The molecule has 0 saturated carbocycles. The van der Waals surface area contributed by atoms with Crippen molar-refractivity contribution >= 4 is 21.6 Å². The summed E-state index contributed by atoms with van der Waals surface area (Å²) < 4.78 is 26.5. The summed E-state index contributed by atoms with van der Waals surface area (Å²) in [6.07, 6.45) is 0. The molecule has 0 aliphatic carbocycles. The molecule has 0 bridgehead atoms. The second kappa shape index (κ2) is 3.63. The second-order valence-electron chi connectivity index (χ2n) is 2.44. The van der Waals surface area contributed by atoms with E-state index in [2.05, 4.69) is 9.44 Å². The summed E-state index contributed by atoms with van der Waals surface area (Å²) >= 11 is 0. The van der Waals surface area contributed by atoms with E-state index in [-0.39, 0.29) is 0 Å². The van der Waals surface area contributed by atoms with Crippen LogP contribution in [0.1, 0.15) is 0 Å². The highest BCUT2D eigenvalue weighted by Gasteiger charge is 2.04. The van der Waals surface area contributed by atoms with E-state index in [1.807, 2.05) is 0 Å². The summed E-state index contributed by atoms with van der Waals surface area (Å²) in [7, 11) is -2.12. The monoisotopic (exact) mass is 201 g/mol. The van der Waals surface area contributed by atoms with E-state index in [0.717, 1.165) is 0 Å². The molecule has 0 fully saturated rings. The first kappa shape index (κ1) is 9.82. The molecule has 13 heavy (non-hydrogen) atoms. The van der Waals surface area contributed by atoms with Gasteiger partial charge in [-0.25, -0.2) is 4.72 Å². The molecule has 0 spiro atoms. The second-order valence-corrected chi connectivity index (χ2v) is 4.05. The minimum atomic E-state index is -3.44. The molecule has 0 radical (unpaired) electrons. The highest BCUT2D eigenvalue weighted by atomic mass is 32.2. The van der Waals surface area contributed by atoms with Crippen molar-refractivity contribution < 1.29 is 8.42 Å². The van der Waals surface area contributed by atoms with Crippen LogP contribution in [-0.2, 0) is 10.2 Å². The van der Waals surface area contributed by atoms with Gasteiger partial charge in [-0.1, -0.05) is 6.07 Å². The van der Waals surface area contributed by atoms with Crippen molar-refractivity contribution in [1.29, 1.82) is 0 Å². The molecular formula is C7H11N3O2S. The zero-order valence-corrected chi connectivity index (χ0v) is 7.93. The van der Waals surface area contributed by atoms with Crippen LogP contribution >= 0.6 is 0 Å². The van der Waals surface area contributed by atoms with Gasteiger partial charge in [-0.2, -0.15) is 8.42 Å². The Balaban J connectivity index is 2.87. The lowest BCUT2D eigenvalue weighted by Gasteiger charge is -2.06. The average Bonchev–Trinajstić information content (AvgIpc) is 2.03. The number of benzene rings is 1. The Kier molecular flexibility index (Phi) is 2.74. The van der Waals surface area contributed by atoms with Crippen LogP contribution in [0.5, 0.6) is 0 Å². The lowest BCUT2D eigenvalue weighted by molar-refractivity contribution is 0.593. The van der Waals surface area contributed by atoms with Crippen LogP contribution < -0.4 is 15.2 Å². The van der Waals surface area contributed by atoms with Crippen LogP contribution in [0.25, 0.3) is 0 Å². The fraction of sp³-hybridized carbons (Fsp3) is 0.143. The van der Waals surface area contributed by atoms with E-state index in [9.17, 15) is 8.42 Å². The van der Waals surface area contributed by atoms with E-state index in [1.165, 1.54) is 13.1 Å². The Bertz CT molecular complexity index is 388. The molecule has 0 aromatic heterocycles. The number of anilines is 2. The Morgan fingerprint density at radius 2 is 2.08 bits per heavy atom. The van der Waals surface area contributed by atoms with Crippen molar-refractivity contribution in [3.63, 3.8) is 0 Å². The molecule has 0 saturated heterocycles. The molecule has 0 heterocycles. The van der Waals surface area contributed by atoms with E-state index in [0.29, 0.717) is 11.4 Å². The van der Waals surface area contributed by atoms with Crippen LogP contribution in [0, 0.1) is 0 Å². The quantitative estimate of drug-likeness (QED) is 0.608. The van der Waals surface area contributed by atoms with E-state index < -0.39 is 10.2 Å². The topological polar surface area (TPSA) is 84.2 Å². The molecule has 72 valence electrons. The Labute approximate surface area is 77.1 Å². The highest BCUT2D eigenvalue weighted by Crippen LogP contribution is 2.12. The van der Waals surface area contributed by atoms with Gasteiger partial charge in [-0.3, -0.25) is 4.72 Å². The fourth-order valence-corrected chi connectivity index (χ4v) is 1.35. The van der Waals surface area contributed by atoms with Gasteiger partial charge in [0.1, 0.15) is 0 Å². The largest absolute Gasteiger partial charge is 0.399 e. The van der Waals surface area contributed by atoms with Crippen LogP contribution in [0.4, 0.5) is 11.4 Å². The van der Waals surface area contributed by atoms with Gasteiger partial charge >= 0.3 is 0 Å². The van der Waals surface area contributed by atoms with Gasteiger partial charge in [0.05, 0.1) is 5.69 Å². The highest BCUT2D eigenvalue weighted by molar-refractivity contribution is 7.90. The van der Waals surface area contributed by atoms with Crippen molar-refractivity contribution in [3.8, 4) is 0 Å². The maximum Gasteiger partial charge on any atom is 0.298 e. The molecule has 1 aromatic carbocycles. The minimum Gasteiger partial charge on any atom is -0.399 e. The zero-order valence-electron chi connectivity index (χ0n) is 7.11. The van der Waals surface area contributed by atoms with E-state index in [4.69, 9.17) is 5.73 Å². The summed E-state index contributed by atoms with van der Waals surface area (Å²) in [4.78, 5) is 0. The third-order valence-electron chi connectivity index (χ3n) is 1.41. The molecule has 0 atom stereocenters. The number of nitrogen functional groups attached to an aromatic ring is 1. The third kappa shape index (κ3) is 2.92. The Morgan fingerprint density at radius 3 is 2.62 bits per heavy atom. The predicted molar refractivity (Wildman–Crippen MR) is 52.5 cm³/mol. The smallest absolute Gasteiger partial charge is 0.298 e. The lowest BCUT2D eigenvalue weighted by Crippen LogP contribution is -2.26. The molecule has 5 nitrogen and oxygen atoms in total. The van der Waals surface area contributed by atoms with Gasteiger partial charge in [0.25, 0.3) is 10.2 Å². The van der Waals surface area contributed by atoms with Gasteiger partial charge in [-0.05, 0) is 18.2 Å². The summed E-state index contributed by atoms with van der Waals surface area (Å²) in [6, 6.07) is 6.50. The van der Waals surface area contributed by atoms with Crippen molar-refractivity contribution in [1.82, 2.24) is 4.72 Å². The molecule has 1 rings (SSSR count). The summed E-state index contributed by atoms with van der Waals surface area (Å²) in [6.45, 7) is 0. The number of hydrogen-bond acceptors (Lipinski definition) is 3. The van der Waals surface area contributed by atoms with Crippen molar-refractivity contribution in [2.45, 2.75) is 0 Å². The van der Waals surface area contributed by atoms with Crippen LogP contribution in [-0.4, -0.2) is 15.5 Å². The maximum absolute atomic E-state index is 11.0. The van der Waals surface area contributed by atoms with Crippen LogP contribution in [0.3, 0.4) is 0 Å². The molecule has 0 aliphatic rings. The standard InChI is InChI=1S/C7H11N3O2S/c1-9-13(11,12)10-7-4-2-3-6(8)5-7/h2-5,9-10H,8H2,1H3. The molecule has 6 heteroatoms. The predicted octanol–water partition coefficient (Wildman–Crippen LogP) is 0.145. The Hall–Kier alpha value is -1.27. The first-order chi connectivity index (χ1) is 6.03. The number of rotatable bonds is 3. The SMILES string of the molecule is CNS(=O)(=O)Nc1cccc(N)c1. The summed E-state index contributed by atoms with van der Waals surface area (Å²) in [5.41, 5.74) is 6.41. The maximum atomic E-state index is 11.0. The van der Waals surface area contributed by atoms with Crippen molar-refractivity contribution in [2.24, 2.45) is 0 Å². The molecular weight excluding hydrogens is 190 g/mol. The van der Waals surface area contributed by atoms with Gasteiger partial charge in [0, 0.05) is 12.7 Å². The van der Waals surface area contributed by atoms with Crippen molar-refractivity contribution in [2.75, 3.05) is 17.5 Å². The zero-order chi connectivity index (χ0) is 9.90. The van der Waals surface area contributed by atoms with Crippen LogP contribution in [0.2, 0.25) is 0 Å². The third-order valence-corrected chi connectivity index (χ3v) is 2.45. The molecule has 0 aliphatic heterocycles. The van der Waals surface area contributed by atoms with Crippen LogP contribution in [0.15, 0.2) is 24.3 Å². The first-order valence-electron chi connectivity index (χ1n) is 3.60. The van der Waals surface area contributed by atoms with E-state index >= 15 is 0 Å². The Morgan fingerprint density at radius 1 is 1.38 bits per heavy atom. The summed E-state index contributed by atoms with van der Waals surface area (Å²) in [5, 5.41) is 0. The fourth-order valence-electron chi connectivity index (χ4n) is 0.808. The van der Waals surface area contributed by atoms with E-state index in [1.54, 1.807) is 18.2 Å². The molecule has 4 N–H and O–H groups in total. The molecule has 0 unspecified atom stereocenters.